The highest BCUT2D eigenvalue weighted by Crippen LogP contribution is 2.29. The Kier molecular flexibility index (Phi) is 3.25. The van der Waals surface area contributed by atoms with E-state index in [1.165, 1.54) is 24.0 Å². The summed E-state index contributed by atoms with van der Waals surface area (Å²) in [7, 11) is 0. The van der Waals surface area contributed by atoms with Crippen molar-refractivity contribution in [2.24, 2.45) is 0 Å². The van der Waals surface area contributed by atoms with Crippen molar-refractivity contribution in [2.45, 2.75) is 51.7 Å². The molecule has 1 aliphatic heterocycles. The highest BCUT2D eigenvalue weighted by Gasteiger charge is 2.26. The second-order valence-electron chi connectivity index (χ2n) is 6.56. The first-order valence-electron chi connectivity index (χ1n) is 8.15. The van der Waals surface area contributed by atoms with Gasteiger partial charge in [0.25, 0.3) is 0 Å². The van der Waals surface area contributed by atoms with E-state index in [1.807, 2.05) is 6.92 Å². The molecule has 1 aromatic heterocycles. The average molecular weight is 294 g/mol. The number of nitrogens with zero attached hydrogens (tertiary/aromatic N) is 3. The molecule has 1 aliphatic carbocycles. The Balaban J connectivity index is 1.64. The Morgan fingerprint density at radius 3 is 2.68 bits per heavy atom. The average Bonchev–Trinajstić information content (AvgIpc) is 3.30. The third-order valence-electron chi connectivity index (χ3n) is 4.55. The van der Waals surface area contributed by atoms with E-state index < -0.39 is 0 Å². The summed E-state index contributed by atoms with van der Waals surface area (Å²) >= 11 is 0. The standard InChI is InChI=1S/C18H22N4/c1-12-9-17(21-18(19-12)20-16-7-8-16)22-11-15-6-4-3-5-14(15)10-13(22)2/h3-6,9,13,16H,7-8,10-11H2,1-2H3,(H,19,20,21)/t13-/m1/s1. The lowest BCUT2D eigenvalue weighted by Crippen LogP contribution is -2.39. The van der Waals surface area contributed by atoms with Crippen LogP contribution in [0.2, 0.25) is 0 Å². The van der Waals surface area contributed by atoms with Gasteiger partial charge in [-0.05, 0) is 44.2 Å². The molecule has 2 heterocycles. The zero-order valence-corrected chi connectivity index (χ0v) is 13.2. The molecule has 4 rings (SSSR count). The van der Waals surface area contributed by atoms with Crippen LogP contribution in [0.25, 0.3) is 0 Å². The number of benzene rings is 1. The van der Waals surface area contributed by atoms with Crippen molar-refractivity contribution in [1.29, 1.82) is 0 Å². The quantitative estimate of drug-likeness (QED) is 0.943. The largest absolute Gasteiger partial charge is 0.351 e. The van der Waals surface area contributed by atoms with Gasteiger partial charge in [-0.15, -0.1) is 0 Å². The molecule has 0 radical (unpaired) electrons. The second-order valence-corrected chi connectivity index (χ2v) is 6.56. The van der Waals surface area contributed by atoms with E-state index in [0.29, 0.717) is 12.1 Å². The van der Waals surface area contributed by atoms with Crippen LogP contribution in [0.5, 0.6) is 0 Å². The van der Waals surface area contributed by atoms with Crippen molar-refractivity contribution in [1.82, 2.24) is 9.97 Å². The van der Waals surface area contributed by atoms with Crippen LogP contribution in [0.1, 0.15) is 36.6 Å². The third kappa shape index (κ3) is 2.65. The first-order valence-corrected chi connectivity index (χ1v) is 8.15. The van der Waals surface area contributed by atoms with E-state index in [0.717, 1.165) is 30.4 Å². The lowest BCUT2D eigenvalue weighted by Gasteiger charge is -2.36. The van der Waals surface area contributed by atoms with Gasteiger partial charge in [-0.1, -0.05) is 24.3 Å². The van der Waals surface area contributed by atoms with Crippen LogP contribution in [0.4, 0.5) is 11.8 Å². The molecule has 1 fully saturated rings. The van der Waals surface area contributed by atoms with Crippen LogP contribution in [-0.2, 0) is 13.0 Å². The molecule has 1 N–H and O–H groups in total. The number of hydrogen-bond donors (Lipinski definition) is 1. The van der Waals surface area contributed by atoms with Crippen LogP contribution in [-0.4, -0.2) is 22.1 Å². The molecule has 22 heavy (non-hydrogen) atoms. The predicted octanol–water partition coefficient (Wildman–Crippen LogP) is 3.31. The topological polar surface area (TPSA) is 41.1 Å². The first-order chi connectivity index (χ1) is 10.7. The summed E-state index contributed by atoms with van der Waals surface area (Å²) in [5, 5.41) is 3.42. The Morgan fingerprint density at radius 2 is 1.91 bits per heavy atom. The molecule has 2 aliphatic rings. The van der Waals surface area contributed by atoms with Crippen molar-refractivity contribution in [3.8, 4) is 0 Å². The van der Waals surface area contributed by atoms with E-state index in [-0.39, 0.29) is 0 Å². The van der Waals surface area contributed by atoms with Gasteiger partial charge >= 0.3 is 0 Å². The maximum atomic E-state index is 4.76. The van der Waals surface area contributed by atoms with Crippen LogP contribution in [0, 0.1) is 6.92 Å². The fourth-order valence-corrected chi connectivity index (χ4v) is 3.16. The van der Waals surface area contributed by atoms with Gasteiger partial charge in [0.05, 0.1) is 0 Å². The summed E-state index contributed by atoms with van der Waals surface area (Å²) in [6.45, 7) is 5.25. The molecule has 1 aromatic carbocycles. The number of anilines is 2. The Morgan fingerprint density at radius 1 is 1.14 bits per heavy atom. The molecular formula is C18H22N4. The number of rotatable bonds is 3. The maximum absolute atomic E-state index is 4.76. The third-order valence-corrected chi connectivity index (χ3v) is 4.55. The van der Waals surface area contributed by atoms with E-state index >= 15 is 0 Å². The van der Waals surface area contributed by atoms with E-state index in [4.69, 9.17) is 4.98 Å². The first kappa shape index (κ1) is 13.6. The molecule has 0 spiro atoms. The normalized spacial score (nSPS) is 20.6. The monoisotopic (exact) mass is 294 g/mol. The minimum absolute atomic E-state index is 0.456. The lowest BCUT2D eigenvalue weighted by atomic mass is 9.95. The van der Waals surface area contributed by atoms with Crippen LogP contribution in [0.15, 0.2) is 30.3 Å². The van der Waals surface area contributed by atoms with Crippen LogP contribution in [0.3, 0.4) is 0 Å². The molecule has 2 aromatic rings. The Hall–Kier alpha value is -2.10. The molecule has 114 valence electrons. The fourth-order valence-electron chi connectivity index (χ4n) is 3.16. The summed E-state index contributed by atoms with van der Waals surface area (Å²) in [4.78, 5) is 11.7. The summed E-state index contributed by atoms with van der Waals surface area (Å²) in [6, 6.07) is 11.9. The summed E-state index contributed by atoms with van der Waals surface area (Å²) in [5.41, 5.74) is 3.90. The smallest absolute Gasteiger partial charge is 0.225 e. The van der Waals surface area contributed by atoms with Crippen molar-refractivity contribution < 1.29 is 0 Å². The number of hydrogen-bond acceptors (Lipinski definition) is 4. The molecule has 0 bridgehead atoms. The zero-order valence-electron chi connectivity index (χ0n) is 13.2. The van der Waals surface area contributed by atoms with Gasteiger partial charge in [0.1, 0.15) is 5.82 Å². The molecule has 1 saturated carbocycles. The highest BCUT2D eigenvalue weighted by atomic mass is 15.3. The second kappa shape index (κ2) is 5.27. The number of fused-ring (bicyclic) bond motifs is 1. The SMILES string of the molecule is Cc1cc(N2Cc3ccccc3C[C@H]2C)nc(NC2CC2)n1. The summed E-state index contributed by atoms with van der Waals surface area (Å²) in [5.74, 6) is 1.82. The number of aromatic nitrogens is 2. The van der Waals surface area contributed by atoms with E-state index in [1.54, 1.807) is 0 Å². The number of aryl methyl sites for hydroxylation is 1. The molecule has 0 amide bonds. The fraction of sp³-hybridized carbons (Fsp3) is 0.444. The Labute approximate surface area is 131 Å². The molecule has 0 unspecified atom stereocenters. The van der Waals surface area contributed by atoms with Gasteiger partial charge in [0, 0.05) is 30.4 Å². The molecule has 4 nitrogen and oxygen atoms in total. The van der Waals surface area contributed by atoms with Gasteiger partial charge in [0.15, 0.2) is 0 Å². The van der Waals surface area contributed by atoms with Crippen LogP contribution >= 0.6 is 0 Å². The van der Waals surface area contributed by atoms with Gasteiger partial charge in [-0.3, -0.25) is 0 Å². The number of nitrogens with one attached hydrogen (secondary N) is 1. The minimum Gasteiger partial charge on any atom is -0.351 e. The summed E-state index contributed by atoms with van der Waals surface area (Å²) < 4.78 is 0. The summed E-state index contributed by atoms with van der Waals surface area (Å²) in [6.07, 6.45) is 3.55. The molecule has 0 saturated heterocycles. The zero-order chi connectivity index (χ0) is 15.1. The van der Waals surface area contributed by atoms with Crippen molar-refractivity contribution in [2.75, 3.05) is 10.2 Å². The van der Waals surface area contributed by atoms with Crippen molar-refractivity contribution >= 4 is 11.8 Å². The molecule has 4 heteroatoms. The van der Waals surface area contributed by atoms with Gasteiger partial charge < -0.3 is 10.2 Å². The lowest BCUT2D eigenvalue weighted by molar-refractivity contribution is 0.586. The minimum atomic E-state index is 0.456. The molecule has 1 atom stereocenters. The van der Waals surface area contributed by atoms with Crippen molar-refractivity contribution in [3.05, 3.63) is 47.2 Å². The van der Waals surface area contributed by atoms with E-state index in [2.05, 4.69) is 52.5 Å². The maximum Gasteiger partial charge on any atom is 0.225 e. The van der Waals surface area contributed by atoms with E-state index in [9.17, 15) is 0 Å². The van der Waals surface area contributed by atoms with Gasteiger partial charge in [-0.25, -0.2) is 4.98 Å². The molecular weight excluding hydrogens is 272 g/mol. The van der Waals surface area contributed by atoms with Gasteiger partial charge in [-0.2, -0.15) is 4.98 Å². The van der Waals surface area contributed by atoms with Crippen molar-refractivity contribution in [3.63, 3.8) is 0 Å². The highest BCUT2D eigenvalue weighted by molar-refractivity contribution is 5.49. The van der Waals surface area contributed by atoms with Crippen LogP contribution < -0.4 is 10.2 Å². The Bertz CT molecular complexity index is 693. The van der Waals surface area contributed by atoms with Gasteiger partial charge in [0.2, 0.25) is 5.95 Å². The predicted molar refractivity (Wildman–Crippen MR) is 89.2 cm³/mol.